The average Bonchev–Trinajstić information content (AvgIpc) is 2.25. The molecule has 0 unspecified atom stereocenters. The predicted molar refractivity (Wildman–Crippen MR) is 66.1 cm³/mol. The number of phenolic OH excluding ortho intramolecular Hbond substituents is 1. The molecule has 100 valence electrons. The zero-order chi connectivity index (χ0) is 13.8. The molecule has 0 heterocycles. The third-order valence-electron chi connectivity index (χ3n) is 2.58. The van der Waals surface area contributed by atoms with Crippen LogP contribution in [0.4, 0.5) is 4.39 Å². The summed E-state index contributed by atoms with van der Waals surface area (Å²) in [5.74, 6) is -1.45. The van der Waals surface area contributed by atoms with Crippen LogP contribution < -0.4 is 5.32 Å². The number of benzene rings is 1. The first-order chi connectivity index (χ1) is 8.35. The van der Waals surface area contributed by atoms with Crippen LogP contribution in [0.15, 0.2) is 18.2 Å². The van der Waals surface area contributed by atoms with Crippen molar-refractivity contribution in [2.45, 2.75) is 25.8 Å². The first-order valence-electron chi connectivity index (χ1n) is 5.66. The molecule has 0 fully saturated rings. The number of amides is 1. The van der Waals surface area contributed by atoms with E-state index in [1.165, 1.54) is 12.1 Å². The summed E-state index contributed by atoms with van der Waals surface area (Å²) in [5.41, 5.74) is -0.574. The van der Waals surface area contributed by atoms with E-state index >= 15 is 0 Å². The van der Waals surface area contributed by atoms with Crippen molar-refractivity contribution in [1.82, 2.24) is 5.32 Å². The summed E-state index contributed by atoms with van der Waals surface area (Å²) in [6, 6.07) is 3.45. The number of phenols is 1. The van der Waals surface area contributed by atoms with E-state index in [2.05, 4.69) is 5.32 Å². The molecule has 1 aromatic rings. The number of hydrogen-bond acceptors (Lipinski definition) is 3. The maximum atomic E-state index is 13.5. The predicted octanol–water partition coefficient (Wildman–Crippen LogP) is 2.08. The lowest BCUT2D eigenvalue weighted by Crippen LogP contribution is -2.44. The van der Waals surface area contributed by atoms with E-state index in [1.54, 1.807) is 7.11 Å². The topological polar surface area (TPSA) is 58.6 Å². The van der Waals surface area contributed by atoms with E-state index in [0.717, 1.165) is 6.07 Å². The van der Waals surface area contributed by atoms with Gasteiger partial charge in [0.2, 0.25) is 0 Å². The summed E-state index contributed by atoms with van der Waals surface area (Å²) < 4.78 is 18.4. The summed E-state index contributed by atoms with van der Waals surface area (Å²) in [6.07, 6.45) is 0.620. The van der Waals surface area contributed by atoms with Gasteiger partial charge in [-0.25, -0.2) is 4.39 Å². The fourth-order valence-corrected chi connectivity index (χ4v) is 1.48. The maximum absolute atomic E-state index is 13.5. The molecule has 1 amide bonds. The van der Waals surface area contributed by atoms with Crippen LogP contribution in [-0.4, -0.2) is 30.3 Å². The van der Waals surface area contributed by atoms with Crippen molar-refractivity contribution >= 4 is 5.91 Å². The fraction of sp³-hybridized carbons (Fsp3) is 0.462. The van der Waals surface area contributed by atoms with Gasteiger partial charge in [-0.05, 0) is 32.4 Å². The Bertz CT molecular complexity index is 432. The van der Waals surface area contributed by atoms with Gasteiger partial charge in [0.15, 0.2) is 0 Å². The van der Waals surface area contributed by atoms with E-state index in [0.29, 0.717) is 13.0 Å². The minimum absolute atomic E-state index is 0.0849. The van der Waals surface area contributed by atoms with Gasteiger partial charge in [-0.1, -0.05) is 0 Å². The Labute approximate surface area is 106 Å². The Morgan fingerprint density at radius 3 is 2.72 bits per heavy atom. The fourth-order valence-electron chi connectivity index (χ4n) is 1.48. The van der Waals surface area contributed by atoms with E-state index in [9.17, 15) is 9.18 Å². The van der Waals surface area contributed by atoms with Gasteiger partial charge >= 0.3 is 0 Å². The van der Waals surface area contributed by atoms with Crippen LogP contribution >= 0.6 is 0 Å². The molecule has 2 N–H and O–H groups in total. The highest BCUT2D eigenvalue weighted by Gasteiger charge is 2.22. The van der Waals surface area contributed by atoms with Crippen LogP contribution in [0.1, 0.15) is 30.6 Å². The van der Waals surface area contributed by atoms with Gasteiger partial charge in [0, 0.05) is 25.3 Å². The smallest absolute Gasteiger partial charge is 0.254 e. The number of halogens is 1. The summed E-state index contributed by atoms with van der Waals surface area (Å²) in [6.45, 7) is 4.18. The molecule has 4 nitrogen and oxygen atoms in total. The number of carbonyl (C=O) groups is 1. The van der Waals surface area contributed by atoms with E-state index in [4.69, 9.17) is 9.84 Å². The van der Waals surface area contributed by atoms with Crippen LogP contribution in [-0.2, 0) is 4.74 Å². The molecule has 0 saturated heterocycles. The van der Waals surface area contributed by atoms with E-state index in [1.807, 2.05) is 13.8 Å². The molecule has 0 bridgehead atoms. The zero-order valence-corrected chi connectivity index (χ0v) is 10.8. The quantitative estimate of drug-likeness (QED) is 0.846. The monoisotopic (exact) mass is 255 g/mol. The number of aromatic hydroxyl groups is 1. The van der Waals surface area contributed by atoms with Crippen LogP contribution in [0.5, 0.6) is 5.75 Å². The van der Waals surface area contributed by atoms with Gasteiger partial charge in [0.25, 0.3) is 5.91 Å². The van der Waals surface area contributed by atoms with Gasteiger partial charge in [0.1, 0.15) is 11.6 Å². The lowest BCUT2D eigenvalue weighted by atomic mass is 10.0. The SMILES string of the molecule is COCCC(C)(C)NC(=O)c1ccc(O)cc1F. The Morgan fingerprint density at radius 1 is 1.50 bits per heavy atom. The van der Waals surface area contributed by atoms with Crippen molar-refractivity contribution in [3.05, 3.63) is 29.6 Å². The number of ether oxygens (including phenoxy) is 1. The summed E-state index contributed by atoms with van der Waals surface area (Å²) in [7, 11) is 1.58. The zero-order valence-electron chi connectivity index (χ0n) is 10.8. The summed E-state index contributed by atoms with van der Waals surface area (Å²) >= 11 is 0. The average molecular weight is 255 g/mol. The first-order valence-corrected chi connectivity index (χ1v) is 5.66. The molecule has 0 atom stereocenters. The molecule has 0 aliphatic heterocycles. The molecule has 0 radical (unpaired) electrons. The minimum Gasteiger partial charge on any atom is -0.508 e. The Hall–Kier alpha value is -1.62. The Morgan fingerprint density at radius 2 is 2.17 bits per heavy atom. The highest BCUT2D eigenvalue weighted by atomic mass is 19.1. The molecule has 5 heteroatoms. The van der Waals surface area contributed by atoms with Crippen LogP contribution in [0.25, 0.3) is 0 Å². The molecular formula is C13H18FNO3. The van der Waals surface area contributed by atoms with Crippen LogP contribution in [0.3, 0.4) is 0 Å². The second kappa shape index (κ2) is 5.82. The van der Waals surface area contributed by atoms with E-state index < -0.39 is 17.3 Å². The molecule has 0 spiro atoms. The van der Waals surface area contributed by atoms with Crippen molar-refractivity contribution in [3.8, 4) is 5.75 Å². The molecule has 0 aliphatic carbocycles. The summed E-state index contributed by atoms with van der Waals surface area (Å²) in [4.78, 5) is 11.9. The molecule has 0 saturated carbocycles. The lowest BCUT2D eigenvalue weighted by molar-refractivity contribution is 0.0884. The van der Waals surface area contributed by atoms with Crippen molar-refractivity contribution in [2.75, 3.05) is 13.7 Å². The number of hydrogen-bond donors (Lipinski definition) is 2. The van der Waals surface area contributed by atoms with Gasteiger partial charge in [-0.15, -0.1) is 0 Å². The number of rotatable bonds is 5. The van der Waals surface area contributed by atoms with Crippen LogP contribution in [0, 0.1) is 5.82 Å². The first kappa shape index (κ1) is 14.4. The lowest BCUT2D eigenvalue weighted by Gasteiger charge is -2.26. The van der Waals surface area contributed by atoms with Gasteiger partial charge in [-0.3, -0.25) is 4.79 Å². The maximum Gasteiger partial charge on any atom is 0.254 e. The number of carbonyl (C=O) groups excluding carboxylic acids is 1. The molecule has 0 aromatic heterocycles. The van der Waals surface area contributed by atoms with Crippen LogP contribution in [0.2, 0.25) is 0 Å². The van der Waals surface area contributed by atoms with Gasteiger partial charge in [0.05, 0.1) is 5.56 Å². The third kappa shape index (κ3) is 4.00. The highest BCUT2D eigenvalue weighted by Crippen LogP contribution is 2.16. The minimum atomic E-state index is -0.741. The Balaban J connectivity index is 2.76. The number of methoxy groups -OCH3 is 1. The third-order valence-corrected chi connectivity index (χ3v) is 2.58. The van der Waals surface area contributed by atoms with E-state index in [-0.39, 0.29) is 11.3 Å². The second-order valence-corrected chi connectivity index (χ2v) is 4.74. The van der Waals surface area contributed by atoms with Crippen molar-refractivity contribution < 1.29 is 19.0 Å². The number of nitrogens with one attached hydrogen (secondary N) is 1. The largest absolute Gasteiger partial charge is 0.508 e. The van der Waals surface area contributed by atoms with Gasteiger partial charge < -0.3 is 15.2 Å². The standard InChI is InChI=1S/C13H18FNO3/c1-13(2,6-7-18-3)15-12(17)10-5-4-9(16)8-11(10)14/h4-5,8,16H,6-7H2,1-3H3,(H,15,17). The molecule has 0 aliphatic rings. The highest BCUT2D eigenvalue weighted by molar-refractivity contribution is 5.95. The molecule has 1 aromatic carbocycles. The second-order valence-electron chi connectivity index (χ2n) is 4.74. The van der Waals surface area contributed by atoms with Gasteiger partial charge in [-0.2, -0.15) is 0 Å². The normalized spacial score (nSPS) is 11.3. The molecule has 18 heavy (non-hydrogen) atoms. The van der Waals surface area contributed by atoms with Crippen molar-refractivity contribution in [1.29, 1.82) is 0 Å². The van der Waals surface area contributed by atoms with Crippen molar-refractivity contribution in [3.63, 3.8) is 0 Å². The van der Waals surface area contributed by atoms with Crippen molar-refractivity contribution in [2.24, 2.45) is 0 Å². The Kier molecular flexibility index (Phi) is 4.67. The molecular weight excluding hydrogens is 237 g/mol. The molecule has 1 rings (SSSR count). The summed E-state index contributed by atoms with van der Waals surface area (Å²) in [5, 5.41) is 11.8.